The van der Waals surface area contributed by atoms with E-state index in [0.717, 1.165) is 98.3 Å². The first-order chi connectivity index (χ1) is 46.2. The lowest BCUT2D eigenvalue weighted by molar-refractivity contribution is 0.110. The maximum absolute atomic E-state index is 11.1. The van der Waals surface area contributed by atoms with E-state index in [2.05, 4.69) is 106 Å². The fraction of sp³-hybridized carbons (Fsp3) is 0.129. The largest absolute Gasteiger partial charge is 0.508 e. The normalized spacial score (nSPS) is 9.73. The second-order valence-electron chi connectivity index (χ2n) is 19.6. The highest BCUT2D eigenvalue weighted by Crippen LogP contribution is 2.32. The molecule has 0 amide bonds. The van der Waals surface area contributed by atoms with E-state index in [-0.39, 0.29) is 11.5 Å². The number of carbonyl (C=O) groups is 5. The van der Waals surface area contributed by atoms with E-state index in [1.807, 2.05) is 93.8 Å². The number of terminal acetylenes is 1. The van der Waals surface area contributed by atoms with Gasteiger partial charge in [-0.3, -0.25) is 62.0 Å². The number of halogens is 1. The Morgan fingerprint density at radius 2 is 0.875 bits per heavy atom. The number of phenols is 2. The average molecular weight is 1420 g/mol. The SMILES string of the molecule is C#Cc1ccnc(C)c1.Cc1cc(C#Cc2ccc(Sc3cnn(C)c3C=O)cc2)ccn1.Cc1ccc(Sc2cnn(C)c2C=O)cc1.Cn1cccn1.Cn1ncc(Br)c1C=O.Cn1ncc(Sc2ccc(O)cc2)c1C=O.Cn1nccc1C=O.Oc1ccc(S)cc1. The summed E-state index contributed by atoms with van der Waals surface area (Å²) in [5, 5.41) is 41.5. The monoisotopic (exact) mass is 1420 g/mol. The third kappa shape index (κ3) is 26.1. The van der Waals surface area contributed by atoms with Crippen LogP contribution in [0.25, 0.3) is 0 Å². The highest BCUT2D eigenvalue weighted by molar-refractivity contribution is 9.10. The molecule has 0 aliphatic rings. The fourth-order valence-electron chi connectivity index (χ4n) is 7.28. The van der Waals surface area contributed by atoms with Gasteiger partial charge in [0.05, 0.1) is 43.9 Å². The number of phenolic OH excluding ortho intramolecular Hbond substituents is 2. The molecule has 12 aromatic rings. The van der Waals surface area contributed by atoms with Gasteiger partial charge in [-0.1, -0.05) is 70.7 Å². The molecule has 0 bridgehead atoms. The Morgan fingerprint density at radius 3 is 1.21 bits per heavy atom. The van der Waals surface area contributed by atoms with Crippen LogP contribution in [-0.2, 0) is 42.3 Å². The molecule has 26 heteroatoms. The number of pyridine rings is 2. The number of aldehydes is 5. The predicted octanol–water partition coefficient (Wildman–Crippen LogP) is 13.0. The number of carbonyl (C=O) groups excluding carboxylic acids is 5. The Balaban J connectivity index is 0.000000207. The minimum Gasteiger partial charge on any atom is -0.508 e. The average Bonchev–Trinajstić information content (AvgIpc) is 1.73. The van der Waals surface area contributed by atoms with Crippen LogP contribution in [0.2, 0.25) is 0 Å². The fourth-order valence-corrected chi connectivity index (χ4v) is 10.6. The van der Waals surface area contributed by atoms with Gasteiger partial charge in [0.15, 0.2) is 31.4 Å². The molecule has 0 saturated carbocycles. The van der Waals surface area contributed by atoms with Crippen LogP contribution in [0.5, 0.6) is 11.5 Å². The summed E-state index contributed by atoms with van der Waals surface area (Å²) >= 11 is 11.7. The van der Waals surface area contributed by atoms with Crippen molar-refractivity contribution in [3.8, 4) is 35.7 Å². The maximum atomic E-state index is 11.1. The summed E-state index contributed by atoms with van der Waals surface area (Å²) in [7, 11) is 10.6. The highest BCUT2D eigenvalue weighted by Gasteiger charge is 2.12. The van der Waals surface area contributed by atoms with Crippen LogP contribution in [0.4, 0.5) is 0 Å². The van der Waals surface area contributed by atoms with Gasteiger partial charge in [-0.2, -0.15) is 30.6 Å². The quantitative estimate of drug-likeness (QED) is 0.0617. The molecular weight excluding hydrogens is 1360 g/mol. The molecule has 0 aliphatic heterocycles. The van der Waals surface area contributed by atoms with Gasteiger partial charge in [0, 0.05) is 121 Å². The van der Waals surface area contributed by atoms with E-state index in [1.165, 1.54) is 43.1 Å². The summed E-state index contributed by atoms with van der Waals surface area (Å²) in [5.74, 6) is 9.32. The molecule has 8 heterocycles. The number of rotatable bonds is 11. The zero-order valence-corrected chi connectivity index (χ0v) is 58.5. The van der Waals surface area contributed by atoms with Crippen molar-refractivity contribution in [3.63, 3.8) is 0 Å². The van der Waals surface area contributed by atoms with Crippen LogP contribution < -0.4 is 0 Å². The predicted molar refractivity (Wildman–Crippen MR) is 379 cm³/mol. The topological polar surface area (TPSA) is 259 Å². The van der Waals surface area contributed by atoms with Crippen molar-refractivity contribution in [2.45, 2.75) is 55.0 Å². The third-order valence-electron chi connectivity index (χ3n) is 12.4. The van der Waals surface area contributed by atoms with E-state index in [4.69, 9.17) is 16.6 Å². The Kier molecular flexibility index (Phi) is 32.1. The first-order valence-electron chi connectivity index (χ1n) is 28.4. The highest BCUT2D eigenvalue weighted by atomic mass is 79.9. The molecule has 0 unspecified atom stereocenters. The van der Waals surface area contributed by atoms with E-state index >= 15 is 0 Å². The van der Waals surface area contributed by atoms with Gasteiger partial charge in [-0.25, -0.2) is 0 Å². The zero-order valence-electron chi connectivity index (χ0n) is 53.6. The van der Waals surface area contributed by atoms with Gasteiger partial charge in [0.2, 0.25) is 0 Å². The first kappa shape index (κ1) is 76.1. The van der Waals surface area contributed by atoms with Crippen LogP contribution in [-0.4, -0.2) is 110 Å². The molecular formula is C70H67BrN14O7S4. The Morgan fingerprint density at radius 1 is 0.458 bits per heavy atom. The second kappa shape index (κ2) is 40.5. The van der Waals surface area contributed by atoms with Crippen LogP contribution in [0, 0.1) is 45.0 Å². The van der Waals surface area contributed by atoms with Crippen LogP contribution in [0.15, 0.2) is 228 Å². The van der Waals surface area contributed by atoms with Crippen molar-refractivity contribution in [2.75, 3.05) is 0 Å². The molecule has 4 aromatic carbocycles. The molecule has 12 rings (SSSR count). The third-order valence-corrected chi connectivity index (χ3v) is 16.4. The van der Waals surface area contributed by atoms with Gasteiger partial charge >= 0.3 is 0 Å². The number of nitrogens with zero attached hydrogens (tertiary/aromatic N) is 14. The lowest BCUT2D eigenvalue weighted by atomic mass is 10.2. The Bertz CT molecular complexity index is 4370. The molecule has 2 N–H and O–H groups in total. The molecule has 0 radical (unpaired) electrons. The van der Waals surface area contributed by atoms with Crippen LogP contribution >= 0.6 is 63.8 Å². The van der Waals surface area contributed by atoms with E-state index in [9.17, 15) is 24.0 Å². The minimum absolute atomic E-state index is 0.228. The zero-order chi connectivity index (χ0) is 69.9. The van der Waals surface area contributed by atoms with Gasteiger partial charge < -0.3 is 10.2 Å². The van der Waals surface area contributed by atoms with Crippen molar-refractivity contribution in [3.05, 3.63) is 256 Å². The first-order valence-corrected chi connectivity index (χ1v) is 32.1. The maximum Gasteiger partial charge on any atom is 0.169 e. The van der Waals surface area contributed by atoms with Crippen molar-refractivity contribution < 1.29 is 34.2 Å². The lowest BCUT2D eigenvalue weighted by Gasteiger charge is -2.00. The summed E-state index contributed by atoms with van der Waals surface area (Å²) in [6.07, 6.45) is 24.5. The summed E-state index contributed by atoms with van der Waals surface area (Å²) in [6, 6.07) is 40.7. The second-order valence-corrected chi connectivity index (χ2v) is 24.3. The Hall–Kier alpha value is -10.6. The lowest BCUT2D eigenvalue weighted by Crippen LogP contribution is -1.96. The standard InChI is InChI=1S/C19H15N3OS.C12H12N2OS.C11H10N2O2S.C8H7N.C6H6OS.C5H5BrN2O.C5H6N2O.C4H6N2/c1-14-11-16(9-10-20-14)4-3-15-5-7-17(8-6-15)24-19-12-21-22(2)18(19)13-23;1-9-3-5-10(6-4-9)16-12-7-13-14(2)11(12)8-15;1-13-10(7-14)11(6-12-13)16-9-4-2-8(15)3-5-9;1-3-8-4-5-9-7(2)6-8;7-5-1-3-6(8)4-2-5;1-8-5(3-9)4(6)2-7-8;1-7-5(4-8)2-3-6-7;1-6-4-2-3-5-6/h5-13H,1-2H3;3-8H,1-2H3;2-7,15H,1H3;1,4-6H,2H3;1-4,7-8H;2-3H,1H3;2-4H,1H3;2-4H,1H3. The van der Waals surface area contributed by atoms with E-state index < -0.39 is 0 Å². The minimum atomic E-state index is 0.228. The van der Waals surface area contributed by atoms with Gasteiger partial charge in [-0.15, -0.1) is 19.1 Å². The molecule has 0 aliphatic carbocycles. The number of aryl methyl sites for hydroxylation is 9. The van der Waals surface area contributed by atoms with Crippen LogP contribution in [0.3, 0.4) is 0 Å². The van der Waals surface area contributed by atoms with Gasteiger partial charge in [0.1, 0.15) is 40.0 Å². The molecule has 0 atom stereocenters. The van der Waals surface area contributed by atoms with E-state index in [1.54, 1.807) is 165 Å². The molecule has 96 heavy (non-hydrogen) atoms. The number of benzene rings is 4. The van der Waals surface area contributed by atoms with Crippen molar-refractivity contribution >= 4 is 95.3 Å². The molecule has 8 aromatic heterocycles. The van der Waals surface area contributed by atoms with Crippen molar-refractivity contribution in [2.24, 2.45) is 42.3 Å². The van der Waals surface area contributed by atoms with Crippen molar-refractivity contribution in [1.29, 1.82) is 0 Å². The van der Waals surface area contributed by atoms with Gasteiger partial charge in [-0.05, 0) is 158 Å². The van der Waals surface area contributed by atoms with Crippen LogP contribution in [0.1, 0.15) is 86.1 Å². The summed E-state index contributed by atoms with van der Waals surface area (Å²) < 4.78 is 10.2. The smallest absolute Gasteiger partial charge is 0.169 e. The van der Waals surface area contributed by atoms with Gasteiger partial charge in [0.25, 0.3) is 0 Å². The number of hydrogen-bond donors (Lipinski definition) is 3. The summed E-state index contributed by atoms with van der Waals surface area (Å²) in [5.41, 5.74) is 8.85. The Labute approximate surface area is 583 Å². The molecule has 490 valence electrons. The molecule has 0 spiro atoms. The number of hydrogen-bond acceptors (Lipinski definition) is 19. The van der Waals surface area contributed by atoms with Crippen molar-refractivity contribution in [1.82, 2.24) is 68.7 Å². The number of thiol groups is 1. The molecule has 21 nitrogen and oxygen atoms in total. The molecule has 0 fully saturated rings. The molecule has 0 saturated heterocycles. The summed E-state index contributed by atoms with van der Waals surface area (Å²) in [4.78, 5) is 67.7. The number of aromatic nitrogens is 14. The number of aromatic hydroxyl groups is 2. The van der Waals surface area contributed by atoms with E-state index in [0.29, 0.717) is 28.5 Å². The summed E-state index contributed by atoms with van der Waals surface area (Å²) in [6.45, 7) is 5.92.